The standard InChI is InChI=1S/C22H18FN5O4/c1-31-20-11-15(23)18(28(29)30)12-17(20)26-22-24-7-5-16(25-22)13-3-4-19-21-14(13)6-9-27(21)8-2-10-32-19/h3-7,9,11-12H,2,8,10H2,1H3,(H,24,25,26). The molecule has 3 heterocycles. The van der Waals surface area contributed by atoms with Crippen LogP contribution in [0.5, 0.6) is 11.5 Å². The van der Waals surface area contributed by atoms with Crippen LogP contribution >= 0.6 is 0 Å². The van der Waals surface area contributed by atoms with Crippen LogP contribution in [-0.4, -0.2) is 33.2 Å². The van der Waals surface area contributed by atoms with E-state index in [9.17, 15) is 14.5 Å². The molecule has 0 unspecified atom stereocenters. The summed E-state index contributed by atoms with van der Waals surface area (Å²) in [5.41, 5.74) is 2.09. The molecule has 162 valence electrons. The lowest BCUT2D eigenvalue weighted by Gasteiger charge is -2.12. The van der Waals surface area contributed by atoms with E-state index in [1.165, 1.54) is 7.11 Å². The number of nitrogens with zero attached hydrogens (tertiary/aromatic N) is 4. The number of halogens is 1. The second-order valence-corrected chi connectivity index (χ2v) is 7.24. The average Bonchev–Trinajstić information content (AvgIpc) is 3.10. The van der Waals surface area contributed by atoms with E-state index in [0.29, 0.717) is 12.3 Å². The molecule has 0 saturated carbocycles. The first-order chi connectivity index (χ1) is 15.5. The summed E-state index contributed by atoms with van der Waals surface area (Å²) < 4.78 is 27.1. The largest absolute Gasteiger partial charge is 0.494 e. The monoisotopic (exact) mass is 435 g/mol. The van der Waals surface area contributed by atoms with Gasteiger partial charge in [-0.15, -0.1) is 0 Å². The number of nitrogens with one attached hydrogen (secondary N) is 1. The molecule has 0 bridgehead atoms. The first-order valence-electron chi connectivity index (χ1n) is 9.92. The summed E-state index contributed by atoms with van der Waals surface area (Å²) in [5, 5.41) is 15.0. The second kappa shape index (κ2) is 7.80. The van der Waals surface area contributed by atoms with Gasteiger partial charge in [0.15, 0.2) is 0 Å². The number of methoxy groups -OCH3 is 1. The summed E-state index contributed by atoms with van der Waals surface area (Å²) in [6.45, 7) is 1.54. The molecule has 1 aliphatic heterocycles. The summed E-state index contributed by atoms with van der Waals surface area (Å²) in [4.78, 5) is 19.1. The van der Waals surface area contributed by atoms with Gasteiger partial charge in [-0.25, -0.2) is 9.97 Å². The fourth-order valence-corrected chi connectivity index (χ4v) is 3.87. The van der Waals surface area contributed by atoms with Crippen LogP contribution in [0, 0.1) is 15.9 Å². The number of aryl methyl sites for hydroxylation is 1. The minimum absolute atomic E-state index is 0.0986. The number of hydrogen-bond donors (Lipinski definition) is 1. The van der Waals surface area contributed by atoms with Crippen molar-refractivity contribution in [1.82, 2.24) is 14.5 Å². The predicted molar refractivity (Wildman–Crippen MR) is 116 cm³/mol. The maximum Gasteiger partial charge on any atom is 0.307 e. The van der Waals surface area contributed by atoms with Crippen molar-refractivity contribution in [2.75, 3.05) is 19.0 Å². The Bertz CT molecular complexity index is 1350. The molecule has 0 saturated heterocycles. The molecule has 5 rings (SSSR count). The fraction of sp³-hybridized carbons (Fsp3) is 0.182. The lowest BCUT2D eigenvalue weighted by Crippen LogP contribution is -2.02. The average molecular weight is 435 g/mol. The maximum absolute atomic E-state index is 13.9. The lowest BCUT2D eigenvalue weighted by molar-refractivity contribution is -0.387. The number of nitro benzene ring substituents is 1. The van der Waals surface area contributed by atoms with E-state index in [0.717, 1.165) is 47.3 Å². The van der Waals surface area contributed by atoms with Gasteiger partial charge in [0, 0.05) is 42.0 Å². The summed E-state index contributed by atoms with van der Waals surface area (Å²) >= 11 is 0. The Balaban J connectivity index is 1.55. The third kappa shape index (κ3) is 3.35. The first kappa shape index (κ1) is 19.7. The highest BCUT2D eigenvalue weighted by Crippen LogP contribution is 2.37. The van der Waals surface area contributed by atoms with Crippen LogP contribution in [0.3, 0.4) is 0 Å². The van der Waals surface area contributed by atoms with Gasteiger partial charge in [-0.1, -0.05) is 0 Å². The van der Waals surface area contributed by atoms with E-state index in [1.54, 1.807) is 12.3 Å². The molecule has 0 fully saturated rings. The van der Waals surface area contributed by atoms with Gasteiger partial charge < -0.3 is 19.4 Å². The Morgan fingerprint density at radius 2 is 2.16 bits per heavy atom. The smallest absolute Gasteiger partial charge is 0.307 e. The molecule has 1 N–H and O–H groups in total. The van der Waals surface area contributed by atoms with Crippen LogP contribution < -0.4 is 14.8 Å². The highest BCUT2D eigenvalue weighted by molar-refractivity contribution is 5.98. The fourth-order valence-electron chi connectivity index (χ4n) is 3.87. The molecule has 2 aromatic carbocycles. The third-order valence-corrected chi connectivity index (χ3v) is 5.33. The Kier molecular flexibility index (Phi) is 4.81. The maximum atomic E-state index is 13.9. The molecule has 2 aromatic heterocycles. The Morgan fingerprint density at radius 1 is 1.28 bits per heavy atom. The van der Waals surface area contributed by atoms with E-state index in [4.69, 9.17) is 9.47 Å². The normalized spacial score (nSPS) is 12.8. The van der Waals surface area contributed by atoms with Gasteiger partial charge in [0.05, 0.1) is 35.5 Å². The summed E-state index contributed by atoms with van der Waals surface area (Å²) in [5.74, 6) is 0.140. The topological polar surface area (TPSA) is 104 Å². The van der Waals surface area contributed by atoms with Crippen LogP contribution in [0.4, 0.5) is 21.7 Å². The zero-order valence-electron chi connectivity index (χ0n) is 17.0. The zero-order chi connectivity index (χ0) is 22.2. The molecule has 4 aromatic rings. The number of ether oxygens (including phenoxy) is 2. The van der Waals surface area contributed by atoms with Gasteiger partial charge in [0.1, 0.15) is 11.5 Å². The van der Waals surface area contributed by atoms with Gasteiger partial charge in [-0.2, -0.15) is 4.39 Å². The van der Waals surface area contributed by atoms with E-state index in [2.05, 4.69) is 19.9 Å². The molecule has 32 heavy (non-hydrogen) atoms. The number of aromatic nitrogens is 3. The molecule has 0 radical (unpaired) electrons. The van der Waals surface area contributed by atoms with Crippen molar-refractivity contribution in [3.05, 3.63) is 64.7 Å². The van der Waals surface area contributed by atoms with Crippen LogP contribution in [-0.2, 0) is 6.54 Å². The van der Waals surface area contributed by atoms with Crippen LogP contribution in [0.15, 0.2) is 48.8 Å². The Labute approximate surface area is 181 Å². The van der Waals surface area contributed by atoms with E-state index >= 15 is 0 Å². The van der Waals surface area contributed by atoms with Gasteiger partial charge in [0.25, 0.3) is 0 Å². The zero-order valence-corrected chi connectivity index (χ0v) is 17.0. The van der Waals surface area contributed by atoms with Gasteiger partial charge in [0.2, 0.25) is 11.8 Å². The summed E-state index contributed by atoms with van der Waals surface area (Å²) in [6.07, 6.45) is 4.55. The minimum atomic E-state index is -0.987. The van der Waals surface area contributed by atoms with Crippen LogP contribution in [0.25, 0.3) is 22.2 Å². The van der Waals surface area contributed by atoms with E-state index < -0.39 is 16.4 Å². The van der Waals surface area contributed by atoms with Crippen molar-refractivity contribution in [3.8, 4) is 22.8 Å². The van der Waals surface area contributed by atoms with Gasteiger partial charge in [-0.05, 0) is 30.7 Å². The summed E-state index contributed by atoms with van der Waals surface area (Å²) in [6, 6.07) is 9.71. The number of nitro groups is 1. The van der Waals surface area contributed by atoms with E-state index in [-0.39, 0.29) is 17.4 Å². The number of anilines is 2. The van der Waals surface area contributed by atoms with Crippen molar-refractivity contribution in [1.29, 1.82) is 0 Å². The quantitative estimate of drug-likeness (QED) is 0.358. The highest BCUT2D eigenvalue weighted by Gasteiger charge is 2.20. The molecule has 0 atom stereocenters. The van der Waals surface area contributed by atoms with E-state index in [1.807, 2.05) is 24.4 Å². The molecule has 0 spiro atoms. The lowest BCUT2D eigenvalue weighted by atomic mass is 10.1. The molecule has 9 nitrogen and oxygen atoms in total. The predicted octanol–water partition coefficient (Wildman–Crippen LogP) is 4.68. The van der Waals surface area contributed by atoms with Crippen LogP contribution in [0.2, 0.25) is 0 Å². The Hall–Kier alpha value is -4.21. The molecule has 10 heteroatoms. The molecule has 0 amide bonds. The SMILES string of the molecule is COc1cc(F)c([N+](=O)[O-])cc1Nc1nccc(-c2ccc3c4c2ccn4CCCO3)n1. The van der Waals surface area contributed by atoms with Gasteiger partial charge >= 0.3 is 5.69 Å². The van der Waals surface area contributed by atoms with Crippen molar-refractivity contribution in [3.63, 3.8) is 0 Å². The third-order valence-electron chi connectivity index (χ3n) is 5.33. The molecule has 1 aliphatic rings. The van der Waals surface area contributed by atoms with Gasteiger partial charge in [-0.3, -0.25) is 10.1 Å². The molecule has 0 aliphatic carbocycles. The first-order valence-corrected chi connectivity index (χ1v) is 9.92. The van der Waals surface area contributed by atoms with Crippen molar-refractivity contribution >= 4 is 28.2 Å². The minimum Gasteiger partial charge on any atom is -0.494 e. The Morgan fingerprint density at radius 3 is 2.97 bits per heavy atom. The number of rotatable bonds is 5. The van der Waals surface area contributed by atoms with Crippen molar-refractivity contribution in [2.24, 2.45) is 0 Å². The number of benzene rings is 2. The van der Waals surface area contributed by atoms with Crippen molar-refractivity contribution < 1.29 is 18.8 Å². The highest BCUT2D eigenvalue weighted by atomic mass is 19.1. The molecular formula is C22H18FN5O4. The molecular weight excluding hydrogens is 417 g/mol. The number of hydrogen-bond acceptors (Lipinski definition) is 7. The van der Waals surface area contributed by atoms with Crippen molar-refractivity contribution in [2.45, 2.75) is 13.0 Å². The second-order valence-electron chi connectivity index (χ2n) is 7.24. The van der Waals surface area contributed by atoms with Crippen LogP contribution in [0.1, 0.15) is 6.42 Å². The summed E-state index contributed by atoms with van der Waals surface area (Å²) in [7, 11) is 1.35.